The van der Waals surface area contributed by atoms with Gasteiger partial charge < -0.3 is 9.84 Å². The van der Waals surface area contributed by atoms with E-state index in [-0.39, 0.29) is 17.3 Å². The zero-order chi connectivity index (χ0) is 13.1. The summed E-state index contributed by atoms with van der Waals surface area (Å²) in [6.45, 7) is 6.94. The van der Waals surface area contributed by atoms with Gasteiger partial charge in [-0.3, -0.25) is 0 Å². The number of aliphatic hydroxyl groups is 1. The molecule has 3 heteroatoms. The molecule has 1 N–H and O–H groups in total. The van der Waals surface area contributed by atoms with Gasteiger partial charge in [-0.2, -0.15) is 0 Å². The highest BCUT2D eigenvalue weighted by Gasteiger charge is 2.45. The molecule has 1 aliphatic heterocycles. The van der Waals surface area contributed by atoms with Crippen molar-refractivity contribution in [1.29, 1.82) is 0 Å². The van der Waals surface area contributed by atoms with E-state index in [2.05, 4.69) is 26.8 Å². The Morgan fingerprint density at radius 1 is 1.44 bits per heavy atom. The second kappa shape index (κ2) is 3.70. The molecule has 0 aromatic carbocycles. The maximum atomic E-state index is 11.8. The summed E-state index contributed by atoms with van der Waals surface area (Å²) < 4.78 is 5.08. The fourth-order valence-corrected chi connectivity index (χ4v) is 3.74. The first-order valence-electron chi connectivity index (χ1n) is 6.69. The molecular formula is C15H20O3. The Labute approximate surface area is 108 Å². The summed E-state index contributed by atoms with van der Waals surface area (Å²) in [6.07, 6.45) is 3.39. The van der Waals surface area contributed by atoms with Crippen LogP contribution in [0.15, 0.2) is 22.8 Å². The number of aliphatic hydroxyl groups excluding tert-OH is 1. The second-order valence-corrected chi connectivity index (χ2v) is 6.59. The molecule has 18 heavy (non-hydrogen) atoms. The van der Waals surface area contributed by atoms with Gasteiger partial charge in [-0.25, -0.2) is 4.79 Å². The molecule has 2 aliphatic carbocycles. The molecule has 3 nitrogen and oxygen atoms in total. The van der Waals surface area contributed by atoms with Gasteiger partial charge in [-0.1, -0.05) is 32.4 Å². The van der Waals surface area contributed by atoms with Crippen LogP contribution in [0.4, 0.5) is 0 Å². The Hall–Kier alpha value is -1.09. The van der Waals surface area contributed by atoms with Gasteiger partial charge in [0.2, 0.25) is 0 Å². The van der Waals surface area contributed by atoms with Gasteiger partial charge in [0.15, 0.2) is 0 Å². The summed E-state index contributed by atoms with van der Waals surface area (Å²) in [5.41, 5.74) is 3.01. The van der Waals surface area contributed by atoms with Gasteiger partial charge >= 0.3 is 5.97 Å². The van der Waals surface area contributed by atoms with Crippen molar-refractivity contribution in [3.05, 3.63) is 22.8 Å². The molecule has 3 rings (SSSR count). The molecule has 98 valence electrons. The van der Waals surface area contributed by atoms with E-state index in [4.69, 9.17) is 4.74 Å². The summed E-state index contributed by atoms with van der Waals surface area (Å²) in [7, 11) is 0. The number of carbonyl (C=O) groups is 1. The Morgan fingerprint density at radius 2 is 2.17 bits per heavy atom. The van der Waals surface area contributed by atoms with E-state index in [0.717, 1.165) is 18.4 Å². The molecule has 0 saturated heterocycles. The van der Waals surface area contributed by atoms with Crippen molar-refractivity contribution < 1.29 is 14.6 Å². The van der Waals surface area contributed by atoms with E-state index in [1.807, 2.05) is 0 Å². The zero-order valence-electron chi connectivity index (χ0n) is 11.2. The van der Waals surface area contributed by atoms with Crippen LogP contribution < -0.4 is 0 Å². The summed E-state index contributed by atoms with van der Waals surface area (Å²) in [4.78, 5) is 11.8. The Kier molecular flexibility index (Phi) is 2.46. The maximum Gasteiger partial charge on any atom is 0.337 e. The van der Waals surface area contributed by atoms with Gasteiger partial charge in [0.05, 0.1) is 11.7 Å². The van der Waals surface area contributed by atoms with Gasteiger partial charge in [0.1, 0.15) is 6.61 Å². The van der Waals surface area contributed by atoms with Crippen LogP contribution in [-0.2, 0) is 9.53 Å². The molecule has 0 amide bonds. The van der Waals surface area contributed by atoms with Gasteiger partial charge in [0.25, 0.3) is 0 Å². The lowest BCUT2D eigenvalue weighted by molar-refractivity contribution is -0.137. The fourth-order valence-electron chi connectivity index (χ4n) is 3.74. The largest absolute Gasteiger partial charge is 0.458 e. The van der Waals surface area contributed by atoms with E-state index in [0.29, 0.717) is 18.1 Å². The van der Waals surface area contributed by atoms with Crippen molar-refractivity contribution in [2.75, 3.05) is 6.61 Å². The lowest BCUT2D eigenvalue weighted by Crippen LogP contribution is -2.27. The van der Waals surface area contributed by atoms with Gasteiger partial charge in [-0.05, 0) is 29.7 Å². The number of fused-ring (bicyclic) bond motifs is 1. The molecule has 1 heterocycles. The topological polar surface area (TPSA) is 46.5 Å². The third kappa shape index (κ3) is 1.64. The first-order chi connectivity index (χ1) is 8.39. The number of rotatable bonds is 0. The lowest BCUT2D eigenvalue weighted by Gasteiger charge is -2.24. The van der Waals surface area contributed by atoms with Crippen LogP contribution in [0.5, 0.6) is 0 Å². The standard InChI is InChI=1S/C15H20O3/c1-8-4-9-7-18-14(17)12(9)13(16)11-6-15(2,3)5-10(8)11/h5,8,11,13,16H,4,6-7H2,1-3H3. The lowest BCUT2D eigenvalue weighted by atomic mass is 9.84. The number of cyclic esters (lactones) is 1. The van der Waals surface area contributed by atoms with Crippen LogP contribution >= 0.6 is 0 Å². The van der Waals surface area contributed by atoms with E-state index in [1.54, 1.807) is 0 Å². The Morgan fingerprint density at radius 3 is 2.89 bits per heavy atom. The summed E-state index contributed by atoms with van der Waals surface area (Å²) in [5.74, 6) is 0.178. The van der Waals surface area contributed by atoms with Gasteiger partial charge in [0, 0.05) is 5.92 Å². The van der Waals surface area contributed by atoms with Gasteiger partial charge in [-0.15, -0.1) is 0 Å². The van der Waals surface area contributed by atoms with Crippen molar-refractivity contribution >= 4 is 5.97 Å². The molecule has 0 spiro atoms. The van der Waals surface area contributed by atoms with Crippen molar-refractivity contribution in [3.63, 3.8) is 0 Å². The molecule has 0 aromatic heterocycles. The van der Waals surface area contributed by atoms with Crippen molar-refractivity contribution in [2.24, 2.45) is 17.3 Å². The summed E-state index contributed by atoms with van der Waals surface area (Å²) in [5, 5.41) is 10.6. The van der Waals surface area contributed by atoms with Crippen LogP contribution in [0.25, 0.3) is 0 Å². The SMILES string of the molecule is CC1CC2=C(C(=O)OC2)C(O)C2CC(C)(C)C=C12. The van der Waals surface area contributed by atoms with Crippen LogP contribution in [0.3, 0.4) is 0 Å². The number of esters is 1. The van der Waals surface area contributed by atoms with E-state index >= 15 is 0 Å². The Balaban J connectivity index is 2.03. The monoisotopic (exact) mass is 248 g/mol. The molecular weight excluding hydrogens is 228 g/mol. The zero-order valence-corrected chi connectivity index (χ0v) is 11.2. The van der Waals surface area contributed by atoms with Crippen molar-refractivity contribution in [1.82, 2.24) is 0 Å². The van der Waals surface area contributed by atoms with Crippen LogP contribution in [0.2, 0.25) is 0 Å². The molecule has 0 bridgehead atoms. The first-order valence-corrected chi connectivity index (χ1v) is 6.69. The van der Waals surface area contributed by atoms with Crippen molar-refractivity contribution in [2.45, 2.75) is 39.7 Å². The maximum absolute atomic E-state index is 11.8. The average molecular weight is 248 g/mol. The molecule has 3 aliphatic rings. The third-order valence-electron chi connectivity index (χ3n) is 4.51. The predicted octanol–water partition coefficient (Wildman–Crippen LogP) is 2.21. The molecule has 3 unspecified atom stereocenters. The van der Waals surface area contributed by atoms with Crippen LogP contribution in [-0.4, -0.2) is 23.8 Å². The van der Waals surface area contributed by atoms with E-state index in [9.17, 15) is 9.90 Å². The highest BCUT2D eigenvalue weighted by atomic mass is 16.5. The highest BCUT2D eigenvalue weighted by molar-refractivity contribution is 5.93. The third-order valence-corrected chi connectivity index (χ3v) is 4.51. The molecule has 0 radical (unpaired) electrons. The minimum Gasteiger partial charge on any atom is -0.458 e. The Bertz CT molecular complexity index is 470. The molecule has 3 atom stereocenters. The summed E-state index contributed by atoms with van der Waals surface area (Å²) in [6, 6.07) is 0. The number of carbonyl (C=O) groups excluding carboxylic acids is 1. The van der Waals surface area contributed by atoms with Crippen LogP contribution in [0, 0.1) is 17.3 Å². The predicted molar refractivity (Wildman–Crippen MR) is 67.7 cm³/mol. The van der Waals surface area contributed by atoms with Crippen molar-refractivity contribution in [3.8, 4) is 0 Å². The highest BCUT2D eigenvalue weighted by Crippen LogP contribution is 2.49. The normalized spacial score (nSPS) is 37.9. The molecule has 0 aromatic rings. The first kappa shape index (κ1) is 12.0. The number of hydrogen-bond acceptors (Lipinski definition) is 3. The number of ether oxygens (including phenoxy) is 1. The smallest absolute Gasteiger partial charge is 0.337 e. The fraction of sp³-hybridized carbons (Fsp3) is 0.667. The van der Waals surface area contributed by atoms with E-state index < -0.39 is 6.10 Å². The average Bonchev–Trinajstić information content (AvgIpc) is 2.76. The number of hydrogen-bond donors (Lipinski definition) is 1. The van der Waals surface area contributed by atoms with Crippen LogP contribution in [0.1, 0.15) is 33.6 Å². The second-order valence-electron chi connectivity index (χ2n) is 6.59. The van der Waals surface area contributed by atoms with E-state index in [1.165, 1.54) is 5.57 Å². The minimum absolute atomic E-state index is 0.0909. The minimum atomic E-state index is -0.673. The number of allylic oxidation sites excluding steroid dienone is 1. The summed E-state index contributed by atoms with van der Waals surface area (Å²) >= 11 is 0. The molecule has 0 fully saturated rings. The quantitative estimate of drug-likeness (QED) is 0.528. The molecule has 0 saturated carbocycles.